The largest absolute Gasteiger partial charge is 0.495 e. The molecular formula is C15H15BrN2O3. The van der Waals surface area contributed by atoms with Crippen molar-refractivity contribution in [1.82, 2.24) is 0 Å². The summed E-state index contributed by atoms with van der Waals surface area (Å²) in [6.07, 6.45) is 0. The zero-order valence-electron chi connectivity index (χ0n) is 11.6. The summed E-state index contributed by atoms with van der Waals surface area (Å²) in [4.78, 5) is 11.6. The van der Waals surface area contributed by atoms with Crippen LogP contribution in [0, 0.1) is 0 Å². The summed E-state index contributed by atoms with van der Waals surface area (Å²) in [5.41, 5.74) is 8.22. The van der Waals surface area contributed by atoms with Crippen LogP contribution in [0.2, 0.25) is 0 Å². The molecular weight excluding hydrogens is 336 g/mol. The molecule has 0 atom stereocenters. The Morgan fingerprint density at radius 1 is 1.14 bits per heavy atom. The number of hydrogen-bond acceptors (Lipinski definition) is 5. The van der Waals surface area contributed by atoms with Crippen molar-refractivity contribution in [2.75, 3.05) is 25.3 Å². The molecule has 3 N–H and O–H groups in total. The van der Waals surface area contributed by atoms with E-state index in [2.05, 4.69) is 21.2 Å². The number of nitrogens with two attached hydrogens (primary N) is 1. The smallest absolute Gasteiger partial charge is 0.337 e. The Labute approximate surface area is 131 Å². The normalized spacial score (nSPS) is 10.0. The van der Waals surface area contributed by atoms with Gasteiger partial charge < -0.3 is 20.5 Å². The standard InChI is InChI=1S/C15H15BrN2O3/c1-20-14-6-4-10(16)8-13(14)18-12-7-9(15(19)21-2)3-5-11(12)17/h3-8,18H,17H2,1-2H3. The van der Waals surface area contributed by atoms with E-state index >= 15 is 0 Å². The molecule has 2 aromatic rings. The zero-order chi connectivity index (χ0) is 15.4. The summed E-state index contributed by atoms with van der Waals surface area (Å²) in [7, 11) is 2.92. The highest BCUT2D eigenvalue weighted by atomic mass is 79.9. The number of halogens is 1. The first-order valence-electron chi connectivity index (χ1n) is 6.13. The van der Waals surface area contributed by atoms with Gasteiger partial charge in [0.25, 0.3) is 0 Å². The Balaban J connectivity index is 2.39. The minimum Gasteiger partial charge on any atom is -0.495 e. The van der Waals surface area contributed by atoms with Gasteiger partial charge in [0, 0.05) is 4.47 Å². The third kappa shape index (κ3) is 3.46. The van der Waals surface area contributed by atoms with Crippen LogP contribution in [-0.2, 0) is 4.74 Å². The first kappa shape index (κ1) is 15.2. The lowest BCUT2D eigenvalue weighted by Crippen LogP contribution is -2.04. The lowest BCUT2D eigenvalue weighted by atomic mass is 10.1. The second kappa shape index (κ2) is 6.49. The molecule has 0 saturated heterocycles. The van der Waals surface area contributed by atoms with E-state index in [4.69, 9.17) is 15.2 Å². The molecule has 5 nitrogen and oxygen atoms in total. The van der Waals surface area contributed by atoms with Crippen LogP contribution < -0.4 is 15.8 Å². The highest BCUT2D eigenvalue weighted by molar-refractivity contribution is 9.10. The van der Waals surface area contributed by atoms with Gasteiger partial charge >= 0.3 is 5.97 Å². The summed E-state index contributed by atoms with van der Waals surface area (Å²) in [6.45, 7) is 0. The van der Waals surface area contributed by atoms with Gasteiger partial charge in [-0.05, 0) is 36.4 Å². The fourth-order valence-electron chi connectivity index (χ4n) is 1.83. The van der Waals surface area contributed by atoms with E-state index in [0.717, 1.165) is 10.2 Å². The molecule has 0 spiro atoms. The number of carbonyl (C=O) groups excluding carboxylic acids is 1. The van der Waals surface area contributed by atoms with E-state index in [1.165, 1.54) is 7.11 Å². The van der Waals surface area contributed by atoms with Gasteiger partial charge in [-0.25, -0.2) is 4.79 Å². The van der Waals surface area contributed by atoms with Crippen LogP contribution in [-0.4, -0.2) is 20.2 Å². The summed E-state index contributed by atoms with van der Waals surface area (Å²) in [6, 6.07) is 10.5. The van der Waals surface area contributed by atoms with Gasteiger partial charge in [-0.1, -0.05) is 15.9 Å². The average Bonchev–Trinajstić information content (AvgIpc) is 2.49. The number of ether oxygens (including phenoxy) is 2. The second-order valence-electron chi connectivity index (χ2n) is 4.26. The van der Waals surface area contributed by atoms with Gasteiger partial charge in [-0.15, -0.1) is 0 Å². The van der Waals surface area contributed by atoms with Crippen LogP contribution in [0.15, 0.2) is 40.9 Å². The monoisotopic (exact) mass is 350 g/mol. The number of nitrogens with one attached hydrogen (secondary N) is 1. The summed E-state index contributed by atoms with van der Waals surface area (Å²) >= 11 is 3.41. The molecule has 2 aromatic carbocycles. The molecule has 0 aliphatic heterocycles. The highest BCUT2D eigenvalue weighted by Crippen LogP contribution is 2.33. The minimum absolute atomic E-state index is 0.417. The molecule has 0 heterocycles. The van der Waals surface area contributed by atoms with Gasteiger partial charge in [0.1, 0.15) is 5.75 Å². The summed E-state index contributed by atoms with van der Waals surface area (Å²) < 4.78 is 10.9. The Bertz CT molecular complexity index is 674. The number of hydrogen-bond donors (Lipinski definition) is 2. The molecule has 0 aromatic heterocycles. The molecule has 0 amide bonds. The fourth-order valence-corrected chi connectivity index (χ4v) is 2.19. The average molecular weight is 351 g/mol. The molecule has 0 bridgehead atoms. The molecule has 2 rings (SSSR count). The SMILES string of the molecule is COC(=O)c1ccc(N)c(Nc2cc(Br)ccc2OC)c1. The number of rotatable bonds is 4. The maximum atomic E-state index is 11.6. The van der Waals surface area contributed by atoms with Gasteiger partial charge in [0.05, 0.1) is 36.8 Å². The third-order valence-electron chi connectivity index (χ3n) is 2.91. The molecule has 0 saturated carbocycles. The number of benzene rings is 2. The van der Waals surface area contributed by atoms with Gasteiger partial charge in [0.2, 0.25) is 0 Å². The topological polar surface area (TPSA) is 73.6 Å². The number of carbonyl (C=O) groups is 1. The number of methoxy groups -OCH3 is 2. The third-order valence-corrected chi connectivity index (χ3v) is 3.40. The van der Waals surface area contributed by atoms with E-state index < -0.39 is 5.97 Å². The second-order valence-corrected chi connectivity index (χ2v) is 5.18. The van der Waals surface area contributed by atoms with Crippen molar-refractivity contribution in [2.24, 2.45) is 0 Å². The van der Waals surface area contributed by atoms with Crippen molar-refractivity contribution >= 4 is 39.0 Å². The fraction of sp³-hybridized carbons (Fsp3) is 0.133. The molecule has 6 heteroatoms. The number of esters is 1. The van der Waals surface area contributed by atoms with E-state index in [0.29, 0.717) is 22.7 Å². The lowest BCUT2D eigenvalue weighted by Gasteiger charge is -2.14. The van der Waals surface area contributed by atoms with Crippen LogP contribution >= 0.6 is 15.9 Å². The van der Waals surface area contributed by atoms with Crippen molar-refractivity contribution < 1.29 is 14.3 Å². The van der Waals surface area contributed by atoms with Crippen LogP contribution in [0.3, 0.4) is 0 Å². The summed E-state index contributed by atoms with van der Waals surface area (Å²) in [5, 5.41) is 3.16. The van der Waals surface area contributed by atoms with Crippen LogP contribution in [0.25, 0.3) is 0 Å². The maximum Gasteiger partial charge on any atom is 0.337 e. The Hall–Kier alpha value is -2.21. The van der Waals surface area contributed by atoms with Gasteiger partial charge in [0.15, 0.2) is 0 Å². The number of nitrogen functional groups attached to an aromatic ring is 1. The number of anilines is 3. The molecule has 0 fully saturated rings. The first-order valence-corrected chi connectivity index (χ1v) is 6.93. The van der Waals surface area contributed by atoms with Crippen molar-refractivity contribution in [3.8, 4) is 5.75 Å². The van der Waals surface area contributed by atoms with E-state index in [1.807, 2.05) is 18.2 Å². The molecule has 0 radical (unpaired) electrons. The quantitative estimate of drug-likeness (QED) is 0.651. The van der Waals surface area contributed by atoms with E-state index in [-0.39, 0.29) is 0 Å². The van der Waals surface area contributed by atoms with Crippen molar-refractivity contribution in [3.05, 3.63) is 46.4 Å². The summed E-state index contributed by atoms with van der Waals surface area (Å²) in [5.74, 6) is 0.250. The van der Waals surface area contributed by atoms with Gasteiger partial charge in [-0.2, -0.15) is 0 Å². The van der Waals surface area contributed by atoms with Crippen molar-refractivity contribution in [1.29, 1.82) is 0 Å². The maximum absolute atomic E-state index is 11.6. The molecule has 110 valence electrons. The lowest BCUT2D eigenvalue weighted by molar-refractivity contribution is 0.0601. The van der Waals surface area contributed by atoms with Crippen LogP contribution in [0.4, 0.5) is 17.1 Å². The molecule has 21 heavy (non-hydrogen) atoms. The van der Waals surface area contributed by atoms with Crippen molar-refractivity contribution in [3.63, 3.8) is 0 Å². The zero-order valence-corrected chi connectivity index (χ0v) is 13.2. The predicted octanol–water partition coefficient (Wildman–Crippen LogP) is 3.57. The van der Waals surface area contributed by atoms with Crippen LogP contribution in [0.5, 0.6) is 5.75 Å². The highest BCUT2D eigenvalue weighted by Gasteiger charge is 2.10. The van der Waals surface area contributed by atoms with Gasteiger partial charge in [-0.3, -0.25) is 0 Å². The minimum atomic E-state index is -0.417. The van der Waals surface area contributed by atoms with E-state index in [1.54, 1.807) is 25.3 Å². The van der Waals surface area contributed by atoms with Crippen molar-refractivity contribution in [2.45, 2.75) is 0 Å². The van der Waals surface area contributed by atoms with E-state index in [9.17, 15) is 4.79 Å². The first-order chi connectivity index (χ1) is 10.0. The molecule has 0 unspecified atom stereocenters. The Kier molecular flexibility index (Phi) is 4.70. The Morgan fingerprint density at radius 3 is 2.57 bits per heavy atom. The molecule has 0 aliphatic carbocycles. The predicted molar refractivity (Wildman–Crippen MR) is 86.2 cm³/mol. The van der Waals surface area contributed by atoms with Crippen LogP contribution in [0.1, 0.15) is 10.4 Å². The Morgan fingerprint density at radius 2 is 1.90 bits per heavy atom. The molecule has 0 aliphatic rings.